The van der Waals surface area contributed by atoms with E-state index in [1.165, 1.54) is 0 Å². The molecule has 2 aromatic rings. The SMILES string of the molecule is CCN(CC)CCn1cc(NCc2ccccc2O)cn1. The quantitative estimate of drug-likeness (QED) is 0.784. The molecule has 0 atom stereocenters. The molecule has 2 rings (SSSR count). The van der Waals surface area contributed by atoms with Crippen LogP contribution in [0.2, 0.25) is 0 Å². The monoisotopic (exact) mass is 288 g/mol. The molecule has 0 fully saturated rings. The molecule has 0 spiro atoms. The first-order valence-corrected chi connectivity index (χ1v) is 7.48. The Kier molecular flexibility index (Phi) is 5.63. The van der Waals surface area contributed by atoms with Crippen molar-refractivity contribution < 1.29 is 5.11 Å². The predicted octanol–water partition coefficient (Wildman–Crippen LogP) is 2.54. The molecule has 0 radical (unpaired) electrons. The molecule has 0 amide bonds. The van der Waals surface area contributed by atoms with Crippen LogP contribution in [-0.4, -0.2) is 39.4 Å². The second-order valence-corrected chi connectivity index (χ2v) is 5.00. The maximum atomic E-state index is 9.73. The van der Waals surface area contributed by atoms with E-state index in [1.54, 1.807) is 6.07 Å². The average Bonchev–Trinajstić information content (AvgIpc) is 2.95. The molecule has 21 heavy (non-hydrogen) atoms. The Bertz CT molecular complexity index is 549. The first kappa shape index (κ1) is 15.4. The van der Waals surface area contributed by atoms with E-state index < -0.39 is 0 Å². The summed E-state index contributed by atoms with van der Waals surface area (Å²) in [6.07, 6.45) is 3.83. The Balaban J connectivity index is 1.84. The van der Waals surface area contributed by atoms with E-state index in [0.717, 1.165) is 37.4 Å². The van der Waals surface area contributed by atoms with E-state index >= 15 is 0 Å². The minimum atomic E-state index is 0.318. The molecule has 1 heterocycles. The number of para-hydroxylation sites is 1. The van der Waals surface area contributed by atoms with Crippen LogP contribution in [0, 0.1) is 0 Å². The van der Waals surface area contributed by atoms with Gasteiger partial charge in [-0.1, -0.05) is 32.0 Å². The molecular formula is C16H24N4O. The summed E-state index contributed by atoms with van der Waals surface area (Å²) in [5, 5.41) is 17.4. The van der Waals surface area contributed by atoms with Gasteiger partial charge in [-0.05, 0) is 19.2 Å². The number of nitrogens with zero attached hydrogens (tertiary/aromatic N) is 3. The number of benzene rings is 1. The number of anilines is 1. The van der Waals surface area contributed by atoms with Crippen molar-refractivity contribution in [3.8, 4) is 5.75 Å². The minimum absolute atomic E-state index is 0.318. The number of aromatic nitrogens is 2. The number of hydrogen-bond donors (Lipinski definition) is 2. The summed E-state index contributed by atoms with van der Waals surface area (Å²) in [6.45, 7) is 8.96. The predicted molar refractivity (Wildman–Crippen MR) is 85.4 cm³/mol. The van der Waals surface area contributed by atoms with Crippen molar-refractivity contribution >= 4 is 5.69 Å². The lowest BCUT2D eigenvalue weighted by atomic mass is 10.2. The zero-order valence-electron chi connectivity index (χ0n) is 12.8. The van der Waals surface area contributed by atoms with Crippen molar-refractivity contribution in [3.05, 3.63) is 42.2 Å². The fourth-order valence-corrected chi connectivity index (χ4v) is 2.22. The van der Waals surface area contributed by atoms with Crippen LogP contribution in [0.5, 0.6) is 5.75 Å². The molecule has 5 heteroatoms. The van der Waals surface area contributed by atoms with Crippen LogP contribution < -0.4 is 5.32 Å². The van der Waals surface area contributed by atoms with Crippen LogP contribution in [0.4, 0.5) is 5.69 Å². The van der Waals surface area contributed by atoms with Crippen molar-refractivity contribution in [2.45, 2.75) is 26.9 Å². The number of aromatic hydroxyl groups is 1. The van der Waals surface area contributed by atoms with E-state index in [-0.39, 0.29) is 0 Å². The first-order chi connectivity index (χ1) is 10.2. The maximum Gasteiger partial charge on any atom is 0.120 e. The molecule has 2 N–H and O–H groups in total. The molecule has 1 aromatic carbocycles. The van der Waals surface area contributed by atoms with Crippen molar-refractivity contribution in [2.24, 2.45) is 0 Å². The fourth-order valence-electron chi connectivity index (χ4n) is 2.22. The van der Waals surface area contributed by atoms with Gasteiger partial charge in [-0.3, -0.25) is 4.68 Å². The number of rotatable bonds is 8. The van der Waals surface area contributed by atoms with Crippen LogP contribution in [0.1, 0.15) is 19.4 Å². The number of phenolic OH excluding ortho intramolecular Hbond substituents is 1. The third-order valence-corrected chi connectivity index (χ3v) is 3.65. The highest BCUT2D eigenvalue weighted by atomic mass is 16.3. The highest BCUT2D eigenvalue weighted by molar-refractivity contribution is 5.41. The van der Waals surface area contributed by atoms with Crippen LogP contribution in [0.25, 0.3) is 0 Å². The van der Waals surface area contributed by atoms with Crippen LogP contribution in [-0.2, 0) is 13.1 Å². The van der Waals surface area contributed by atoms with Crippen molar-refractivity contribution in [2.75, 3.05) is 25.0 Å². The summed E-state index contributed by atoms with van der Waals surface area (Å²) in [6, 6.07) is 7.35. The summed E-state index contributed by atoms with van der Waals surface area (Å²) in [5.41, 5.74) is 1.85. The topological polar surface area (TPSA) is 53.3 Å². The number of likely N-dealkylation sites (N-methyl/N-ethyl adjacent to an activating group) is 1. The molecule has 0 aliphatic heterocycles. The lowest BCUT2D eigenvalue weighted by molar-refractivity contribution is 0.285. The summed E-state index contributed by atoms with van der Waals surface area (Å²) < 4.78 is 1.95. The van der Waals surface area contributed by atoms with Gasteiger partial charge in [0.1, 0.15) is 5.75 Å². The van der Waals surface area contributed by atoms with Gasteiger partial charge in [-0.25, -0.2) is 0 Å². The summed E-state index contributed by atoms with van der Waals surface area (Å²) in [5.74, 6) is 0.318. The van der Waals surface area contributed by atoms with Crippen molar-refractivity contribution in [3.63, 3.8) is 0 Å². The molecule has 0 aliphatic carbocycles. The Labute approximate surface area is 126 Å². The zero-order chi connectivity index (χ0) is 15.1. The zero-order valence-corrected chi connectivity index (χ0v) is 12.8. The van der Waals surface area contributed by atoms with Crippen molar-refractivity contribution in [1.82, 2.24) is 14.7 Å². The average molecular weight is 288 g/mol. The van der Waals surface area contributed by atoms with Gasteiger partial charge in [0.25, 0.3) is 0 Å². The maximum absolute atomic E-state index is 9.73. The first-order valence-electron chi connectivity index (χ1n) is 7.48. The minimum Gasteiger partial charge on any atom is -0.508 e. The van der Waals surface area contributed by atoms with Gasteiger partial charge < -0.3 is 15.3 Å². The molecule has 0 bridgehead atoms. The fraction of sp³-hybridized carbons (Fsp3) is 0.438. The van der Waals surface area contributed by atoms with Crippen LogP contribution >= 0.6 is 0 Å². The van der Waals surface area contributed by atoms with Gasteiger partial charge in [-0.15, -0.1) is 0 Å². The normalized spacial score (nSPS) is 11.0. The smallest absolute Gasteiger partial charge is 0.120 e. The summed E-state index contributed by atoms with van der Waals surface area (Å²) >= 11 is 0. The van der Waals surface area contributed by atoms with Crippen molar-refractivity contribution in [1.29, 1.82) is 0 Å². The second-order valence-electron chi connectivity index (χ2n) is 5.00. The largest absolute Gasteiger partial charge is 0.508 e. The summed E-state index contributed by atoms with van der Waals surface area (Å²) in [7, 11) is 0. The van der Waals surface area contributed by atoms with Gasteiger partial charge >= 0.3 is 0 Å². The lowest BCUT2D eigenvalue weighted by Crippen LogP contribution is -2.27. The molecule has 0 unspecified atom stereocenters. The molecule has 0 saturated heterocycles. The molecule has 114 valence electrons. The van der Waals surface area contributed by atoms with Crippen LogP contribution in [0.15, 0.2) is 36.7 Å². The molecule has 5 nitrogen and oxygen atoms in total. The van der Waals surface area contributed by atoms with E-state index in [2.05, 4.69) is 29.2 Å². The second kappa shape index (κ2) is 7.69. The number of hydrogen-bond acceptors (Lipinski definition) is 4. The third-order valence-electron chi connectivity index (χ3n) is 3.65. The number of phenols is 1. The van der Waals surface area contributed by atoms with Gasteiger partial charge in [0.15, 0.2) is 0 Å². The molecular weight excluding hydrogens is 264 g/mol. The highest BCUT2D eigenvalue weighted by Crippen LogP contribution is 2.17. The Morgan fingerprint density at radius 3 is 2.71 bits per heavy atom. The highest BCUT2D eigenvalue weighted by Gasteiger charge is 2.03. The van der Waals surface area contributed by atoms with Gasteiger partial charge in [-0.2, -0.15) is 5.10 Å². The Hall–Kier alpha value is -2.01. The summed E-state index contributed by atoms with van der Waals surface area (Å²) in [4.78, 5) is 2.37. The van der Waals surface area contributed by atoms with E-state index in [4.69, 9.17) is 0 Å². The van der Waals surface area contributed by atoms with E-state index in [0.29, 0.717) is 12.3 Å². The van der Waals surface area contributed by atoms with E-state index in [1.807, 2.05) is 35.3 Å². The standard InChI is InChI=1S/C16H24N4O/c1-3-19(4-2)9-10-20-13-15(12-18-20)17-11-14-7-5-6-8-16(14)21/h5-8,12-13,17,21H,3-4,9-11H2,1-2H3. The third kappa shape index (κ3) is 4.49. The van der Waals surface area contributed by atoms with Gasteiger partial charge in [0, 0.05) is 24.8 Å². The number of nitrogens with one attached hydrogen (secondary N) is 1. The molecule has 0 aliphatic rings. The molecule has 1 aromatic heterocycles. The Morgan fingerprint density at radius 1 is 1.24 bits per heavy atom. The lowest BCUT2D eigenvalue weighted by Gasteiger charge is -2.17. The Morgan fingerprint density at radius 2 is 2.00 bits per heavy atom. The van der Waals surface area contributed by atoms with Gasteiger partial charge in [0.05, 0.1) is 18.4 Å². The van der Waals surface area contributed by atoms with E-state index in [9.17, 15) is 5.11 Å². The van der Waals surface area contributed by atoms with Crippen LogP contribution in [0.3, 0.4) is 0 Å². The molecule has 0 saturated carbocycles. The van der Waals surface area contributed by atoms with Gasteiger partial charge in [0.2, 0.25) is 0 Å².